The minimum Gasteiger partial charge on any atom is -0.493 e. The van der Waals surface area contributed by atoms with E-state index in [1.807, 2.05) is 43.3 Å². The quantitative estimate of drug-likeness (QED) is 0.700. The molecule has 0 radical (unpaired) electrons. The molecule has 3 rings (SSSR count). The van der Waals surface area contributed by atoms with Gasteiger partial charge >= 0.3 is 5.97 Å². The number of ether oxygens (including phenoxy) is 3. The van der Waals surface area contributed by atoms with Crippen LogP contribution >= 0.6 is 0 Å². The largest absolute Gasteiger partial charge is 0.493 e. The normalized spacial score (nSPS) is 19.7. The molecule has 0 bridgehead atoms. The highest BCUT2D eigenvalue weighted by Gasteiger charge is 2.39. The first-order chi connectivity index (χ1) is 13.2. The van der Waals surface area contributed by atoms with Gasteiger partial charge in [0.15, 0.2) is 11.5 Å². The summed E-state index contributed by atoms with van der Waals surface area (Å²) >= 11 is 0. The third kappa shape index (κ3) is 4.42. The van der Waals surface area contributed by atoms with Gasteiger partial charge in [-0.25, -0.2) is 0 Å². The van der Waals surface area contributed by atoms with Crippen molar-refractivity contribution in [3.05, 3.63) is 59.7 Å². The number of benzene rings is 2. The molecule has 2 aromatic rings. The summed E-state index contributed by atoms with van der Waals surface area (Å²) < 4.78 is 16.2. The van der Waals surface area contributed by atoms with Gasteiger partial charge < -0.3 is 14.2 Å². The van der Waals surface area contributed by atoms with Crippen molar-refractivity contribution in [2.75, 3.05) is 33.9 Å². The number of esters is 1. The number of hydrogen-bond acceptors (Lipinski definition) is 5. The van der Waals surface area contributed by atoms with E-state index in [2.05, 4.69) is 17.0 Å². The summed E-state index contributed by atoms with van der Waals surface area (Å²) in [7, 11) is 3.09. The third-order valence-electron chi connectivity index (χ3n) is 5.06. The number of carbonyl (C=O) groups is 1. The SMILES string of the molecule is CCOc1ccc(C2CN(Cc3ccccc3)CC2C(=O)OC)cc1OC. The van der Waals surface area contributed by atoms with E-state index < -0.39 is 0 Å². The Hall–Kier alpha value is -2.53. The molecule has 1 aliphatic heterocycles. The zero-order valence-corrected chi connectivity index (χ0v) is 16.2. The highest BCUT2D eigenvalue weighted by atomic mass is 16.5. The second kappa shape index (κ2) is 8.91. The second-order valence-electron chi connectivity index (χ2n) is 6.76. The summed E-state index contributed by atoms with van der Waals surface area (Å²) in [6.07, 6.45) is 0. The first-order valence-electron chi connectivity index (χ1n) is 9.31. The monoisotopic (exact) mass is 369 g/mol. The van der Waals surface area contributed by atoms with Crippen LogP contribution in [0, 0.1) is 5.92 Å². The van der Waals surface area contributed by atoms with E-state index in [1.54, 1.807) is 7.11 Å². The molecule has 0 aromatic heterocycles. The number of likely N-dealkylation sites (tertiary alicyclic amines) is 1. The molecule has 5 nitrogen and oxygen atoms in total. The molecule has 1 fully saturated rings. The van der Waals surface area contributed by atoms with Crippen LogP contribution in [-0.2, 0) is 16.1 Å². The Labute approximate surface area is 160 Å². The van der Waals surface area contributed by atoms with Gasteiger partial charge in [0.1, 0.15) is 0 Å². The van der Waals surface area contributed by atoms with Crippen LogP contribution in [0.15, 0.2) is 48.5 Å². The number of methoxy groups -OCH3 is 2. The maximum atomic E-state index is 12.4. The Balaban J connectivity index is 1.84. The fourth-order valence-electron chi connectivity index (χ4n) is 3.77. The highest BCUT2D eigenvalue weighted by molar-refractivity contribution is 5.74. The van der Waals surface area contributed by atoms with Gasteiger partial charge in [-0.15, -0.1) is 0 Å². The Morgan fingerprint density at radius 2 is 1.85 bits per heavy atom. The molecule has 0 N–H and O–H groups in total. The van der Waals surface area contributed by atoms with Crippen LogP contribution in [0.5, 0.6) is 11.5 Å². The van der Waals surface area contributed by atoms with Gasteiger partial charge in [-0.1, -0.05) is 36.4 Å². The molecule has 0 spiro atoms. The van der Waals surface area contributed by atoms with Crippen LogP contribution in [0.25, 0.3) is 0 Å². The van der Waals surface area contributed by atoms with Crippen molar-refractivity contribution in [2.24, 2.45) is 5.92 Å². The molecule has 0 saturated carbocycles. The van der Waals surface area contributed by atoms with Crippen molar-refractivity contribution in [2.45, 2.75) is 19.4 Å². The molecule has 1 saturated heterocycles. The standard InChI is InChI=1S/C22H27NO4/c1-4-27-20-11-10-17(12-21(20)25-2)18-14-23(15-19(18)22(24)26-3)13-16-8-6-5-7-9-16/h5-12,18-19H,4,13-15H2,1-3H3. The van der Waals surface area contributed by atoms with Gasteiger partial charge in [-0.2, -0.15) is 0 Å². The predicted octanol–water partition coefficient (Wildman–Crippen LogP) is 3.48. The first-order valence-corrected chi connectivity index (χ1v) is 9.31. The number of hydrogen-bond donors (Lipinski definition) is 0. The minimum absolute atomic E-state index is 0.0609. The predicted molar refractivity (Wildman–Crippen MR) is 104 cm³/mol. The summed E-state index contributed by atoms with van der Waals surface area (Å²) in [6.45, 7) is 4.82. The zero-order valence-electron chi connectivity index (χ0n) is 16.2. The van der Waals surface area contributed by atoms with Crippen molar-refractivity contribution in [1.29, 1.82) is 0 Å². The van der Waals surface area contributed by atoms with Crippen LogP contribution in [0.4, 0.5) is 0 Å². The molecule has 1 aliphatic rings. The molecule has 0 amide bonds. The van der Waals surface area contributed by atoms with Gasteiger partial charge in [0, 0.05) is 25.6 Å². The fourth-order valence-corrected chi connectivity index (χ4v) is 3.77. The molecule has 0 aliphatic carbocycles. The van der Waals surface area contributed by atoms with Crippen molar-refractivity contribution in [1.82, 2.24) is 4.90 Å². The first kappa shape index (κ1) is 19.2. The van der Waals surface area contributed by atoms with Gasteiger partial charge in [0.05, 0.1) is 26.7 Å². The van der Waals surface area contributed by atoms with Crippen molar-refractivity contribution >= 4 is 5.97 Å². The summed E-state index contributed by atoms with van der Waals surface area (Å²) in [6, 6.07) is 16.3. The maximum absolute atomic E-state index is 12.4. The van der Waals surface area contributed by atoms with E-state index in [0.29, 0.717) is 18.9 Å². The van der Waals surface area contributed by atoms with E-state index in [0.717, 1.165) is 24.4 Å². The minimum atomic E-state index is -0.193. The van der Waals surface area contributed by atoms with Crippen molar-refractivity contribution in [3.8, 4) is 11.5 Å². The summed E-state index contributed by atoms with van der Waals surface area (Å²) in [5.74, 6) is 1.12. The smallest absolute Gasteiger partial charge is 0.310 e. The summed E-state index contributed by atoms with van der Waals surface area (Å²) in [5.41, 5.74) is 2.31. The van der Waals surface area contributed by atoms with E-state index in [4.69, 9.17) is 14.2 Å². The lowest BCUT2D eigenvalue weighted by molar-refractivity contribution is -0.145. The molecule has 27 heavy (non-hydrogen) atoms. The molecule has 144 valence electrons. The number of carbonyl (C=O) groups excluding carboxylic acids is 1. The molecule has 2 atom stereocenters. The lowest BCUT2D eigenvalue weighted by Crippen LogP contribution is -2.24. The Kier molecular flexibility index (Phi) is 6.35. The van der Waals surface area contributed by atoms with Gasteiger partial charge in [-0.05, 0) is 30.2 Å². The molecule has 5 heteroatoms. The van der Waals surface area contributed by atoms with Crippen LogP contribution < -0.4 is 9.47 Å². The fraction of sp³-hybridized carbons (Fsp3) is 0.409. The topological polar surface area (TPSA) is 48.0 Å². The molecule has 1 heterocycles. The Bertz CT molecular complexity index is 762. The van der Waals surface area contributed by atoms with Crippen LogP contribution in [-0.4, -0.2) is 44.8 Å². The molecular formula is C22H27NO4. The van der Waals surface area contributed by atoms with Crippen molar-refractivity contribution < 1.29 is 19.0 Å². The van der Waals surface area contributed by atoms with Crippen LogP contribution in [0.2, 0.25) is 0 Å². The summed E-state index contributed by atoms with van der Waals surface area (Å²) in [4.78, 5) is 14.7. The number of nitrogens with zero attached hydrogens (tertiary/aromatic N) is 1. The van der Waals surface area contributed by atoms with Crippen LogP contribution in [0.1, 0.15) is 24.0 Å². The van der Waals surface area contributed by atoms with E-state index in [-0.39, 0.29) is 17.8 Å². The highest BCUT2D eigenvalue weighted by Crippen LogP contribution is 2.38. The second-order valence-corrected chi connectivity index (χ2v) is 6.76. The lowest BCUT2D eigenvalue weighted by Gasteiger charge is -2.19. The molecular weight excluding hydrogens is 342 g/mol. The van der Waals surface area contributed by atoms with Gasteiger partial charge in [0.2, 0.25) is 0 Å². The lowest BCUT2D eigenvalue weighted by atomic mass is 9.89. The van der Waals surface area contributed by atoms with E-state index in [1.165, 1.54) is 12.7 Å². The van der Waals surface area contributed by atoms with Crippen LogP contribution in [0.3, 0.4) is 0 Å². The maximum Gasteiger partial charge on any atom is 0.310 e. The average molecular weight is 369 g/mol. The Morgan fingerprint density at radius 3 is 2.52 bits per heavy atom. The number of rotatable bonds is 7. The average Bonchev–Trinajstić information content (AvgIpc) is 3.12. The Morgan fingerprint density at radius 1 is 1.07 bits per heavy atom. The zero-order chi connectivity index (χ0) is 19.2. The van der Waals surface area contributed by atoms with Crippen molar-refractivity contribution in [3.63, 3.8) is 0 Å². The van der Waals surface area contributed by atoms with Gasteiger partial charge in [0.25, 0.3) is 0 Å². The molecule has 2 unspecified atom stereocenters. The third-order valence-corrected chi connectivity index (χ3v) is 5.06. The van der Waals surface area contributed by atoms with E-state index >= 15 is 0 Å². The van der Waals surface area contributed by atoms with Gasteiger partial charge in [-0.3, -0.25) is 9.69 Å². The summed E-state index contributed by atoms with van der Waals surface area (Å²) in [5, 5.41) is 0. The molecule has 2 aromatic carbocycles. The van der Waals surface area contributed by atoms with E-state index in [9.17, 15) is 4.79 Å².